The molecule has 2 atom stereocenters. The van der Waals surface area contributed by atoms with Crippen molar-refractivity contribution in [2.45, 2.75) is 31.1 Å². The maximum absolute atomic E-state index is 12.3. The Labute approximate surface area is 187 Å². The van der Waals surface area contributed by atoms with E-state index in [1.807, 2.05) is 36.4 Å². The number of amides is 1. The number of aliphatic hydroxyl groups is 2. The molecule has 32 heavy (non-hydrogen) atoms. The summed E-state index contributed by atoms with van der Waals surface area (Å²) in [6.45, 7) is 0.687. The fourth-order valence-corrected chi connectivity index (χ4v) is 4.35. The number of carbonyl (C=O) groups excluding carboxylic acids is 1. The Balaban J connectivity index is 1.29. The lowest BCUT2D eigenvalue weighted by Crippen LogP contribution is -2.31. The highest BCUT2D eigenvalue weighted by molar-refractivity contribution is 5.79. The van der Waals surface area contributed by atoms with Gasteiger partial charge in [-0.2, -0.15) is 0 Å². The number of carbonyl (C=O) groups is 1. The summed E-state index contributed by atoms with van der Waals surface area (Å²) < 4.78 is 5.49. The third kappa shape index (κ3) is 4.53. The molecule has 6 nitrogen and oxygen atoms in total. The summed E-state index contributed by atoms with van der Waals surface area (Å²) in [4.78, 5) is 12.3. The van der Waals surface area contributed by atoms with Gasteiger partial charge in [0.25, 0.3) is 0 Å². The zero-order valence-electron chi connectivity index (χ0n) is 17.8. The molecule has 0 aliphatic heterocycles. The summed E-state index contributed by atoms with van der Waals surface area (Å²) in [5.41, 5.74) is 11.7. The molecule has 3 aromatic rings. The number of hydrogen-bond donors (Lipinski definition) is 4. The quantitative estimate of drug-likeness (QED) is 0.436. The predicted octanol–water partition coefficient (Wildman–Crippen LogP) is 3.47. The fraction of sp³-hybridized carbons (Fsp3) is 0.269. The average Bonchev–Trinajstić information content (AvgIpc) is 3.16. The zero-order chi connectivity index (χ0) is 22.5. The minimum atomic E-state index is -1.07. The molecule has 1 aliphatic carbocycles. The molecule has 0 spiro atoms. The van der Waals surface area contributed by atoms with E-state index in [4.69, 9.17) is 10.5 Å². The van der Waals surface area contributed by atoms with Crippen LogP contribution in [0.1, 0.15) is 40.7 Å². The smallest absolute Gasteiger partial charge is 0.407 e. The molecule has 0 saturated carbocycles. The van der Waals surface area contributed by atoms with Gasteiger partial charge in [-0.1, -0.05) is 72.8 Å². The predicted molar refractivity (Wildman–Crippen MR) is 123 cm³/mol. The van der Waals surface area contributed by atoms with Gasteiger partial charge in [0.05, 0.1) is 6.10 Å². The number of alkyl carbamates (subject to hydrolysis) is 1. The van der Waals surface area contributed by atoms with E-state index < -0.39 is 18.3 Å². The van der Waals surface area contributed by atoms with Crippen molar-refractivity contribution in [2.24, 2.45) is 5.73 Å². The van der Waals surface area contributed by atoms with Crippen LogP contribution in [0.2, 0.25) is 0 Å². The van der Waals surface area contributed by atoms with Crippen LogP contribution in [0.25, 0.3) is 11.1 Å². The number of ether oxygens (including phenoxy) is 1. The number of nitrogens with one attached hydrogen (secondary N) is 1. The zero-order valence-corrected chi connectivity index (χ0v) is 17.8. The van der Waals surface area contributed by atoms with Crippen LogP contribution in [0.5, 0.6) is 0 Å². The van der Waals surface area contributed by atoms with E-state index in [2.05, 4.69) is 29.6 Å². The molecule has 166 valence electrons. The highest BCUT2D eigenvalue weighted by Gasteiger charge is 2.29. The van der Waals surface area contributed by atoms with Crippen LogP contribution in [-0.2, 0) is 11.3 Å². The summed E-state index contributed by atoms with van der Waals surface area (Å²) in [5.74, 6) is -0.00618. The summed E-state index contributed by atoms with van der Waals surface area (Å²) in [5, 5.41) is 23.5. The van der Waals surface area contributed by atoms with Gasteiger partial charge >= 0.3 is 6.09 Å². The Bertz CT molecular complexity index is 1040. The maximum Gasteiger partial charge on any atom is 0.407 e. The van der Waals surface area contributed by atoms with Crippen LogP contribution in [0.3, 0.4) is 0 Å². The first-order valence-electron chi connectivity index (χ1n) is 10.8. The Morgan fingerprint density at radius 1 is 0.938 bits per heavy atom. The second-order valence-electron chi connectivity index (χ2n) is 7.96. The Morgan fingerprint density at radius 3 is 2.19 bits per heavy atom. The molecule has 4 rings (SSSR count). The number of nitrogens with two attached hydrogens (primary N) is 1. The van der Waals surface area contributed by atoms with Crippen LogP contribution in [0, 0.1) is 0 Å². The normalized spacial score (nSPS) is 14.3. The van der Waals surface area contributed by atoms with Crippen molar-refractivity contribution in [3.63, 3.8) is 0 Å². The molecule has 0 fully saturated rings. The van der Waals surface area contributed by atoms with E-state index in [9.17, 15) is 15.0 Å². The van der Waals surface area contributed by atoms with Gasteiger partial charge in [-0.25, -0.2) is 4.79 Å². The number of benzene rings is 3. The van der Waals surface area contributed by atoms with E-state index in [0.29, 0.717) is 5.56 Å². The number of fused-ring (bicyclic) bond motifs is 3. The molecule has 0 radical (unpaired) electrons. The minimum absolute atomic E-state index is 0.00618. The highest BCUT2D eigenvalue weighted by atomic mass is 16.5. The van der Waals surface area contributed by atoms with Crippen molar-refractivity contribution >= 4 is 6.09 Å². The lowest BCUT2D eigenvalue weighted by atomic mass is 9.97. The van der Waals surface area contributed by atoms with Crippen LogP contribution >= 0.6 is 0 Å². The van der Waals surface area contributed by atoms with Crippen LogP contribution in [0.4, 0.5) is 4.79 Å². The van der Waals surface area contributed by atoms with Crippen LogP contribution in [-0.4, -0.2) is 35.6 Å². The second kappa shape index (κ2) is 9.96. The van der Waals surface area contributed by atoms with Gasteiger partial charge in [0.1, 0.15) is 12.7 Å². The standard InChI is InChI=1S/C26H28N2O4/c27-15-17-7-1-2-8-18(17)25(30)24(29)13-14-28-26(31)32-16-23-21-11-5-3-9-19(21)20-10-4-6-12-22(20)23/h1-12,23-25,29-30H,13-16,27H2,(H,28,31). The van der Waals surface area contributed by atoms with Crippen LogP contribution in [0.15, 0.2) is 72.8 Å². The van der Waals surface area contributed by atoms with E-state index >= 15 is 0 Å². The van der Waals surface area contributed by atoms with Gasteiger partial charge < -0.3 is 26.0 Å². The van der Waals surface area contributed by atoms with Crippen molar-refractivity contribution in [1.29, 1.82) is 0 Å². The monoisotopic (exact) mass is 432 g/mol. The Kier molecular flexibility index (Phi) is 6.85. The van der Waals surface area contributed by atoms with Crippen molar-refractivity contribution in [2.75, 3.05) is 13.2 Å². The molecular weight excluding hydrogens is 404 g/mol. The first-order chi connectivity index (χ1) is 15.6. The molecular formula is C26H28N2O4. The van der Waals surface area contributed by atoms with E-state index in [1.165, 1.54) is 11.1 Å². The molecule has 0 bridgehead atoms. The molecule has 0 heterocycles. The largest absolute Gasteiger partial charge is 0.449 e. The van der Waals surface area contributed by atoms with Crippen molar-refractivity contribution < 1.29 is 19.7 Å². The first kappa shape index (κ1) is 22.0. The summed E-state index contributed by atoms with van der Waals surface area (Å²) in [7, 11) is 0. The Morgan fingerprint density at radius 2 is 1.53 bits per heavy atom. The topological polar surface area (TPSA) is 105 Å². The van der Waals surface area contributed by atoms with Gasteiger partial charge in [-0.3, -0.25) is 0 Å². The summed E-state index contributed by atoms with van der Waals surface area (Å²) in [6.07, 6.45) is -2.46. The SMILES string of the molecule is NCc1ccccc1C(O)C(O)CCNC(=O)OCC1c2ccccc2-c2ccccc21. The van der Waals surface area contributed by atoms with Crippen LogP contribution < -0.4 is 11.1 Å². The van der Waals surface area contributed by atoms with E-state index in [-0.39, 0.29) is 32.0 Å². The highest BCUT2D eigenvalue weighted by Crippen LogP contribution is 2.44. The maximum atomic E-state index is 12.3. The van der Waals surface area contributed by atoms with Gasteiger partial charge in [-0.05, 0) is 39.8 Å². The van der Waals surface area contributed by atoms with Crippen molar-refractivity contribution in [3.05, 3.63) is 95.1 Å². The molecule has 0 saturated heterocycles. The minimum Gasteiger partial charge on any atom is -0.449 e. The molecule has 1 amide bonds. The first-order valence-corrected chi connectivity index (χ1v) is 10.8. The summed E-state index contributed by atoms with van der Waals surface area (Å²) >= 11 is 0. The van der Waals surface area contributed by atoms with Gasteiger partial charge in [0, 0.05) is 19.0 Å². The number of hydrogen-bond acceptors (Lipinski definition) is 5. The van der Waals surface area contributed by atoms with Gasteiger partial charge in [0.15, 0.2) is 0 Å². The summed E-state index contributed by atoms with van der Waals surface area (Å²) in [6, 6.07) is 23.5. The average molecular weight is 433 g/mol. The fourth-order valence-electron chi connectivity index (χ4n) is 4.35. The van der Waals surface area contributed by atoms with Gasteiger partial charge in [-0.15, -0.1) is 0 Å². The lowest BCUT2D eigenvalue weighted by Gasteiger charge is -2.20. The molecule has 1 aliphatic rings. The van der Waals surface area contributed by atoms with Crippen molar-refractivity contribution in [1.82, 2.24) is 5.32 Å². The Hall–Kier alpha value is -3.19. The molecule has 0 aromatic heterocycles. The third-order valence-electron chi connectivity index (χ3n) is 6.01. The number of aliphatic hydroxyl groups excluding tert-OH is 2. The second-order valence-corrected chi connectivity index (χ2v) is 7.96. The lowest BCUT2D eigenvalue weighted by molar-refractivity contribution is 0.0132. The molecule has 2 unspecified atom stereocenters. The van der Waals surface area contributed by atoms with E-state index in [1.54, 1.807) is 12.1 Å². The molecule has 6 heteroatoms. The number of rotatable bonds is 8. The van der Waals surface area contributed by atoms with E-state index in [0.717, 1.165) is 16.7 Å². The van der Waals surface area contributed by atoms with Crippen molar-refractivity contribution in [3.8, 4) is 11.1 Å². The van der Waals surface area contributed by atoms with Gasteiger partial charge in [0.2, 0.25) is 0 Å². The third-order valence-corrected chi connectivity index (χ3v) is 6.01. The molecule has 5 N–H and O–H groups in total. The molecule has 3 aromatic carbocycles.